The smallest absolute Gasteiger partial charge is 0.339 e. The Kier molecular flexibility index (Phi) is 6.33. The Labute approximate surface area is 169 Å². The minimum Gasteiger partial charge on any atom is -0.339 e. The van der Waals surface area contributed by atoms with Crippen molar-refractivity contribution in [3.8, 4) is 0 Å². The molecule has 0 aromatic heterocycles. The lowest BCUT2D eigenvalue weighted by molar-refractivity contribution is -0.187. The summed E-state index contributed by atoms with van der Waals surface area (Å²) in [7, 11) is 0. The first-order chi connectivity index (χ1) is 14.0. The SMILES string of the molecule is O=C(c1ccccc1C(F)(F)F)N1CCN(C(=O)C2CCCC(C(F)(F)F)C2)CC1. The van der Waals surface area contributed by atoms with Crippen LogP contribution >= 0.6 is 0 Å². The maximum Gasteiger partial charge on any atom is 0.417 e. The molecule has 2 aliphatic rings. The minimum atomic E-state index is -4.67. The zero-order valence-electron chi connectivity index (χ0n) is 16.1. The van der Waals surface area contributed by atoms with Gasteiger partial charge in [-0.3, -0.25) is 9.59 Å². The fourth-order valence-electron chi connectivity index (χ4n) is 4.19. The number of amides is 2. The van der Waals surface area contributed by atoms with Crippen LogP contribution in [0.15, 0.2) is 24.3 Å². The number of benzene rings is 1. The largest absolute Gasteiger partial charge is 0.417 e. The first-order valence-electron chi connectivity index (χ1n) is 9.79. The lowest BCUT2D eigenvalue weighted by atomic mass is 9.80. The number of hydrogen-bond acceptors (Lipinski definition) is 2. The average molecular weight is 436 g/mol. The third-order valence-electron chi connectivity index (χ3n) is 5.83. The number of alkyl halides is 6. The van der Waals surface area contributed by atoms with Crippen LogP contribution in [0, 0.1) is 11.8 Å². The summed E-state index contributed by atoms with van der Waals surface area (Å²) in [5.41, 5.74) is -1.47. The Morgan fingerprint density at radius 1 is 0.867 bits per heavy atom. The van der Waals surface area contributed by atoms with E-state index in [1.807, 2.05) is 0 Å². The topological polar surface area (TPSA) is 40.6 Å². The van der Waals surface area contributed by atoms with Crippen LogP contribution in [0.25, 0.3) is 0 Å². The highest BCUT2D eigenvalue weighted by Gasteiger charge is 2.44. The molecule has 0 bridgehead atoms. The Hall–Kier alpha value is -2.26. The summed E-state index contributed by atoms with van der Waals surface area (Å²) >= 11 is 0. The van der Waals surface area contributed by atoms with Gasteiger partial charge < -0.3 is 9.80 Å². The molecular formula is C20H22F6N2O2. The van der Waals surface area contributed by atoms with Gasteiger partial charge in [0.2, 0.25) is 5.91 Å². The Morgan fingerprint density at radius 2 is 1.47 bits per heavy atom. The van der Waals surface area contributed by atoms with Crippen molar-refractivity contribution < 1.29 is 35.9 Å². The predicted molar refractivity (Wildman–Crippen MR) is 95.4 cm³/mol. The van der Waals surface area contributed by atoms with Crippen LogP contribution in [0.3, 0.4) is 0 Å². The monoisotopic (exact) mass is 436 g/mol. The van der Waals surface area contributed by atoms with Gasteiger partial charge in [-0.25, -0.2) is 0 Å². The fourth-order valence-corrected chi connectivity index (χ4v) is 4.19. The molecule has 1 aliphatic heterocycles. The first kappa shape index (κ1) is 22.4. The van der Waals surface area contributed by atoms with E-state index in [1.165, 1.54) is 21.9 Å². The molecule has 1 aromatic rings. The van der Waals surface area contributed by atoms with Crippen LogP contribution in [0.4, 0.5) is 26.3 Å². The molecule has 1 saturated carbocycles. The zero-order valence-corrected chi connectivity index (χ0v) is 16.1. The van der Waals surface area contributed by atoms with Crippen molar-refractivity contribution in [1.29, 1.82) is 0 Å². The molecule has 4 nitrogen and oxygen atoms in total. The average Bonchev–Trinajstić information content (AvgIpc) is 2.71. The van der Waals surface area contributed by atoms with E-state index in [1.54, 1.807) is 0 Å². The summed E-state index contributed by atoms with van der Waals surface area (Å²) in [5, 5.41) is 0. The summed E-state index contributed by atoms with van der Waals surface area (Å²) < 4.78 is 78.5. The summed E-state index contributed by atoms with van der Waals surface area (Å²) in [6, 6.07) is 4.51. The van der Waals surface area contributed by atoms with E-state index >= 15 is 0 Å². The van der Waals surface area contributed by atoms with Crippen molar-refractivity contribution in [1.82, 2.24) is 9.80 Å². The van der Waals surface area contributed by atoms with Crippen LogP contribution in [0.1, 0.15) is 41.6 Å². The summed E-state index contributed by atoms with van der Waals surface area (Å²) in [6.45, 7) is 0.246. The Balaban J connectivity index is 1.61. The van der Waals surface area contributed by atoms with Crippen molar-refractivity contribution in [2.75, 3.05) is 26.2 Å². The molecule has 0 radical (unpaired) electrons. The lowest BCUT2D eigenvalue weighted by Crippen LogP contribution is -2.52. The van der Waals surface area contributed by atoms with E-state index in [4.69, 9.17) is 0 Å². The molecule has 30 heavy (non-hydrogen) atoms. The van der Waals surface area contributed by atoms with E-state index in [9.17, 15) is 35.9 Å². The van der Waals surface area contributed by atoms with Crippen LogP contribution in [-0.4, -0.2) is 54.0 Å². The zero-order chi connectivity index (χ0) is 22.1. The number of hydrogen-bond donors (Lipinski definition) is 0. The van der Waals surface area contributed by atoms with Gasteiger partial charge >= 0.3 is 12.4 Å². The highest BCUT2D eigenvalue weighted by molar-refractivity contribution is 5.96. The molecule has 0 N–H and O–H groups in total. The number of halogens is 6. The van der Waals surface area contributed by atoms with Gasteiger partial charge in [0.15, 0.2) is 0 Å². The lowest BCUT2D eigenvalue weighted by Gasteiger charge is -2.38. The van der Waals surface area contributed by atoms with E-state index in [0.717, 1.165) is 12.1 Å². The van der Waals surface area contributed by atoms with Gasteiger partial charge in [-0.2, -0.15) is 26.3 Å². The van der Waals surface area contributed by atoms with Crippen molar-refractivity contribution in [2.45, 2.75) is 38.0 Å². The molecule has 2 fully saturated rings. The molecule has 1 heterocycles. The number of nitrogens with zero attached hydrogens (tertiary/aromatic N) is 2. The number of rotatable bonds is 2. The van der Waals surface area contributed by atoms with Crippen LogP contribution in [0.2, 0.25) is 0 Å². The van der Waals surface area contributed by atoms with Gasteiger partial charge in [0, 0.05) is 32.1 Å². The molecule has 0 spiro atoms. The normalized spacial score (nSPS) is 23.4. The summed E-state index contributed by atoms with van der Waals surface area (Å²) in [6.07, 6.45) is -8.48. The van der Waals surface area contributed by atoms with Gasteiger partial charge in [0.25, 0.3) is 5.91 Å². The summed E-state index contributed by atoms with van der Waals surface area (Å²) in [4.78, 5) is 27.9. The molecule has 2 unspecified atom stereocenters. The second-order valence-electron chi connectivity index (χ2n) is 7.76. The molecular weight excluding hydrogens is 414 g/mol. The standard InChI is InChI=1S/C20H22F6N2O2/c21-19(22,23)14-5-3-4-13(12-14)17(29)27-8-10-28(11-9-27)18(30)15-6-1-2-7-16(15)20(24,25)26/h1-2,6-7,13-14H,3-5,8-12H2. The molecule has 2 amide bonds. The van der Waals surface area contributed by atoms with Crippen molar-refractivity contribution in [2.24, 2.45) is 11.8 Å². The first-order valence-corrected chi connectivity index (χ1v) is 9.79. The number of piperazine rings is 1. The van der Waals surface area contributed by atoms with E-state index in [2.05, 4.69) is 0 Å². The van der Waals surface area contributed by atoms with E-state index in [0.29, 0.717) is 12.8 Å². The minimum absolute atomic E-state index is 0.0220. The molecule has 3 rings (SSSR count). The number of carbonyl (C=O) groups is 2. The second-order valence-corrected chi connectivity index (χ2v) is 7.76. The second kappa shape index (κ2) is 8.47. The molecule has 166 valence electrons. The third-order valence-corrected chi connectivity index (χ3v) is 5.83. The highest BCUT2D eigenvalue weighted by atomic mass is 19.4. The number of carbonyl (C=O) groups excluding carboxylic acids is 2. The Morgan fingerprint density at radius 3 is 2.07 bits per heavy atom. The fraction of sp³-hybridized carbons (Fsp3) is 0.600. The van der Waals surface area contributed by atoms with E-state index in [-0.39, 0.29) is 44.9 Å². The van der Waals surface area contributed by atoms with Gasteiger partial charge in [-0.15, -0.1) is 0 Å². The van der Waals surface area contributed by atoms with Crippen LogP contribution < -0.4 is 0 Å². The Bertz CT molecular complexity index is 784. The van der Waals surface area contributed by atoms with Gasteiger partial charge in [0.05, 0.1) is 17.0 Å². The van der Waals surface area contributed by atoms with E-state index < -0.39 is 41.2 Å². The molecule has 10 heteroatoms. The molecule has 1 saturated heterocycles. The molecule has 1 aliphatic carbocycles. The van der Waals surface area contributed by atoms with Gasteiger partial charge in [0.1, 0.15) is 0 Å². The van der Waals surface area contributed by atoms with Gasteiger partial charge in [-0.05, 0) is 31.4 Å². The predicted octanol–water partition coefficient (Wildman–Crippen LogP) is 4.36. The molecule has 1 aromatic carbocycles. The quantitative estimate of drug-likeness (QED) is 0.647. The third kappa shape index (κ3) is 4.89. The van der Waals surface area contributed by atoms with Crippen molar-refractivity contribution >= 4 is 11.8 Å². The van der Waals surface area contributed by atoms with Crippen molar-refractivity contribution in [3.63, 3.8) is 0 Å². The molecule has 2 atom stereocenters. The maximum absolute atomic E-state index is 13.2. The van der Waals surface area contributed by atoms with Crippen LogP contribution in [-0.2, 0) is 11.0 Å². The maximum atomic E-state index is 13.2. The highest BCUT2D eigenvalue weighted by Crippen LogP contribution is 2.40. The van der Waals surface area contributed by atoms with Gasteiger partial charge in [-0.1, -0.05) is 18.6 Å². The van der Waals surface area contributed by atoms with Crippen molar-refractivity contribution in [3.05, 3.63) is 35.4 Å². The van der Waals surface area contributed by atoms with Crippen LogP contribution in [0.5, 0.6) is 0 Å². The summed E-state index contributed by atoms with van der Waals surface area (Å²) in [5.74, 6) is -3.34.